The lowest BCUT2D eigenvalue weighted by Gasteiger charge is -2.11. The van der Waals surface area contributed by atoms with Crippen molar-refractivity contribution in [2.75, 3.05) is 13.2 Å². The lowest BCUT2D eigenvalue weighted by molar-refractivity contribution is 0.1000. The minimum Gasteiger partial charge on any atom is -0.494 e. The third-order valence-corrected chi connectivity index (χ3v) is 4.34. The molecule has 1 aromatic heterocycles. The van der Waals surface area contributed by atoms with Crippen LogP contribution in [0.5, 0.6) is 17.4 Å². The second-order valence-electron chi connectivity index (χ2n) is 6.46. The zero-order valence-corrected chi connectivity index (χ0v) is 16.4. The third kappa shape index (κ3) is 6.05. The molecule has 0 aliphatic heterocycles. The summed E-state index contributed by atoms with van der Waals surface area (Å²) in [5.41, 5.74) is 7.92. The van der Waals surface area contributed by atoms with E-state index in [1.54, 1.807) is 12.1 Å². The fourth-order valence-electron chi connectivity index (χ4n) is 2.84. The van der Waals surface area contributed by atoms with Crippen molar-refractivity contribution < 1.29 is 14.3 Å². The molecule has 6 heteroatoms. The lowest BCUT2D eigenvalue weighted by atomic mass is 10.1. The van der Waals surface area contributed by atoms with E-state index in [-0.39, 0.29) is 0 Å². The molecule has 150 valence electrons. The summed E-state index contributed by atoms with van der Waals surface area (Å²) in [6, 6.07) is 19.2. The van der Waals surface area contributed by atoms with E-state index >= 15 is 0 Å². The zero-order valence-electron chi connectivity index (χ0n) is 16.4. The van der Waals surface area contributed by atoms with E-state index in [1.165, 1.54) is 11.8 Å². The maximum Gasteiger partial charge on any atom is 0.250 e. The minimum absolute atomic E-state index is 0.350. The Kier molecular flexibility index (Phi) is 7.19. The van der Waals surface area contributed by atoms with Crippen LogP contribution in [0, 0.1) is 0 Å². The summed E-state index contributed by atoms with van der Waals surface area (Å²) in [5, 5.41) is 3.45. The highest BCUT2D eigenvalue weighted by Gasteiger charge is 2.04. The maximum absolute atomic E-state index is 11.1. The van der Waals surface area contributed by atoms with Crippen molar-refractivity contribution in [3.8, 4) is 17.4 Å². The summed E-state index contributed by atoms with van der Waals surface area (Å²) in [6.45, 7) is 4.29. The van der Waals surface area contributed by atoms with Crippen molar-refractivity contribution in [2.24, 2.45) is 5.73 Å². The predicted octanol–water partition coefficient (Wildman–Crippen LogP) is 3.70. The van der Waals surface area contributed by atoms with E-state index < -0.39 is 5.91 Å². The molecule has 2 aromatic carbocycles. The summed E-state index contributed by atoms with van der Waals surface area (Å²) in [7, 11) is 0. The molecule has 29 heavy (non-hydrogen) atoms. The van der Waals surface area contributed by atoms with Crippen LogP contribution >= 0.6 is 0 Å². The monoisotopic (exact) mass is 391 g/mol. The molecule has 1 amide bonds. The molecular formula is C23H25N3O3. The molecule has 0 spiro atoms. The Morgan fingerprint density at radius 2 is 1.86 bits per heavy atom. The van der Waals surface area contributed by atoms with Gasteiger partial charge in [-0.1, -0.05) is 30.3 Å². The number of carbonyl (C=O) groups excluding carboxylic acids is 1. The number of rotatable bonds is 10. The smallest absolute Gasteiger partial charge is 0.250 e. The van der Waals surface area contributed by atoms with Gasteiger partial charge in [-0.05, 0) is 55.3 Å². The number of primary amides is 1. The second kappa shape index (κ2) is 10.2. The molecule has 3 rings (SSSR count). The number of nitrogens with two attached hydrogens (primary N) is 1. The Bertz CT molecular complexity index is 925. The normalized spacial score (nSPS) is 10.5. The van der Waals surface area contributed by atoms with E-state index in [1.807, 2.05) is 49.4 Å². The van der Waals surface area contributed by atoms with Gasteiger partial charge in [0.15, 0.2) is 0 Å². The number of amides is 1. The van der Waals surface area contributed by atoms with E-state index in [2.05, 4.69) is 16.4 Å². The summed E-state index contributed by atoms with van der Waals surface area (Å²) >= 11 is 0. The van der Waals surface area contributed by atoms with E-state index in [4.69, 9.17) is 15.2 Å². The number of hydrogen-bond acceptors (Lipinski definition) is 5. The van der Waals surface area contributed by atoms with Gasteiger partial charge in [0.2, 0.25) is 11.8 Å². The first-order chi connectivity index (χ1) is 14.2. The van der Waals surface area contributed by atoms with Crippen LogP contribution < -0.4 is 20.5 Å². The van der Waals surface area contributed by atoms with Gasteiger partial charge >= 0.3 is 0 Å². The van der Waals surface area contributed by atoms with Gasteiger partial charge in [0.1, 0.15) is 11.5 Å². The Balaban J connectivity index is 1.46. The quantitative estimate of drug-likeness (QED) is 0.515. The summed E-state index contributed by atoms with van der Waals surface area (Å²) < 4.78 is 11.4. The highest BCUT2D eigenvalue weighted by Crippen LogP contribution is 2.20. The number of hydrogen-bond donors (Lipinski definition) is 2. The molecule has 0 bridgehead atoms. The van der Waals surface area contributed by atoms with Crippen molar-refractivity contribution in [3.05, 3.63) is 83.6 Å². The van der Waals surface area contributed by atoms with E-state index in [0.29, 0.717) is 23.8 Å². The molecule has 0 fully saturated rings. The first kappa shape index (κ1) is 20.4. The molecule has 0 saturated heterocycles. The van der Waals surface area contributed by atoms with Crippen LogP contribution in [0.3, 0.4) is 0 Å². The molecule has 3 N–H and O–H groups in total. The van der Waals surface area contributed by atoms with E-state index in [0.717, 1.165) is 30.8 Å². The van der Waals surface area contributed by atoms with Crippen molar-refractivity contribution >= 4 is 5.91 Å². The fraction of sp³-hybridized carbons (Fsp3) is 0.217. The molecule has 0 atom stereocenters. The summed E-state index contributed by atoms with van der Waals surface area (Å²) in [5.74, 6) is 1.53. The first-order valence-electron chi connectivity index (χ1n) is 9.60. The molecule has 6 nitrogen and oxygen atoms in total. The molecule has 0 radical (unpaired) electrons. The largest absolute Gasteiger partial charge is 0.494 e. The van der Waals surface area contributed by atoms with Gasteiger partial charge < -0.3 is 20.5 Å². The minimum atomic E-state index is -0.512. The highest BCUT2D eigenvalue weighted by atomic mass is 16.5. The zero-order chi connectivity index (χ0) is 20.5. The SMILES string of the molecule is CCOc1ccccc1CCNCc1ccc(Oc2ccc(C(N)=O)cn2)cc1. The Morgan fingerprint density at radius 3 is 2.55 bits per heavy atom. The number of pyridine rings is 1. The van der Waals surface area contributed by atoms with E-state index in [9.17, 15) is 4.79 Å². The average Bonchev–Trinajstić information content (AvgIpc) is 2.74. The van der Waals surface area contributed by atoms with Crippen LogP contribution in [-0.4, -0.2) is 24.0 Å². The molecule has 1 heterocycles. The Hall–Kier alpha value is -3.38. The van der Waals surface area contributed by atoms with Crippen LogP contribution in [-0.2, 0) is 13.0 Å². The number of ether oxygens (including phenoxy) is 2. The van der Waals surface area contributed by atoms with Gasteiger partial charge in [-0.2, -0.15) is 0 Å². The third-order valence-electron chi connectivity index (χ3n) is 4.34. The summed E-state index contributed by atoms with van der Waals surface area (Å²) in [6.07, 6.45) is 2.31. The highest BCUT2D eigenvalue weighted by molar-refractivity contribution is 5.92. The first-order valence-corrected chi connectivity index (χ1v) is 9.60. The predicted molar refractivity (Wildman–Crippen MR) is 112 cm³/mol. The Labute approximate surface area is 170 Å². The number of nitrogens with one attached hydrogen (secondary N) is 1. The van der Waals surface area contributed by atoms with Crippen LogP contribution in [0.25, 0.3) is 0 Å². The number of para-hydroxylation sites is 1. The average molecular weight is 391 g/mol. The van der Waals surface area contributed by atoms with Crippen LogP contribution in [0.4, 0.5) is 0 Å². The lowest BCUT2D eigenvalue weighted by Crippen LogP contribution is -2.17. The van der Waals surface area contributed by atoms with Crippen LogP contribution in [0.15, 0.2) is 66.9 Å². The number of benzene rings is 2. The molecular weight excluding hydrogens is 366 g/mol. The number of nitrogens with zero attached hydrogens (tertiary/aromatic N) is 1. The van der Waals surface area contributed by atoms with Crippen molar-refractivity contribution in [1.29, 1.82) is 0 Å². The van der Waals surface area contributed by atoms with Gasteiger partial charge in [-0.3, -0.25) is 4.79 Å². The van der Waals surface area contributed by atoms with Crippen molar-refractivity contribution in [3.63, 3.8) is 0 Å². The van der Waals surface area contributed by atoms with Gasteiger partial charge in [0, 0.05) is 18.8 Å². The second-order valence-corrected chi connectivity index (χ2v) is 6.46. The molecule has 0 aliphatic carbocycles. The van der Waals surface area contributed by atoms with Gasteiger partial charge in [-0.15, -0.1) is 0 Å². The number of aromatic nitrogens is 1. The van der Waals surface area contributed by atoms with Crippen LogP contribution in [0.2, 0.25) is 0 Å². The van der Waals surface area contributed by atoms with Crippen LogP contribution in [0.1, 0.15) is 28.4 Å². The number of carbonyl (C=O) groups is 1. The molecule has 3 aromatic rings. The Morgan fingerprint density at radius 1 is 1.07 bits per heavy atom. The standard InChI is InChI=1S/C23H25N3O3/c1-2-28-21-6-4-3-5-18(21)13-14-25-15-17-7-10-20(11-8-17)29-22-12-9-19(16-26-22)23(24)27/h3-12,16,25H,2,13-15H2,1H3,(H2,24,27). The summed E-state index contributed by atoms with van der Waals surface area (Å²) in [4.78, 5) is 15.2. The molecule has 0 unspecified atom stereocenters. The maximum atomic E-state index is 11.1. The van der Waals surface area contributed by atoms with Crippen molar-refractivity contribution in [1.82, 2.24) is 10.3 Å². The molecule has 0 saturated carbocycles. The van der Waals surface area contributed by atoms with Gasteiger partial charge in [0.25, 0.3) is 0 Å². The molecule has 0 aliphatic rings. The fourth-order valence-corrected chi connectivity index (χ4v) is 2.84. The van der Waals surface area contributed by atoms with Crippen molar-refractivity contribution in [2.45, 2.75) is 19.9 Å². The topological polar surface area (TPSA) is 86.5 Å². The van der Waals surface area contributed by atoms with Gasteiger partial charge in [-0.25, -0.2) is 4.98 Å². The van der Waals surface area contributed by atoms with Gasteiger partial charge in [0.05, 0.1) is 12.2 Å².